The zero-order chi connectivity index (χ0) is 104. The Balaban J connectivity index is 0.000000145. The second kappa shape index (κ2) is 61.4. The summed E-state index contributed by atoms with van der Waals surface area (Å²) in [6.07, 6.45) is 5.85. The van der Waals surface area contributed by atoms with Crippen molar-refractivity contribution in [3.8, 4) is 28.7 Å². The van der Waals surface area contributed by atoms with Crippen LogP contribution >= 0.6 is 58.0 Å². The predicted molar refractivity (Wildman–Crippen MR) is 604 cm³/mol. The van der Waals surface area contributed by atoms with Gasteiger partial charge in [0.25, 0.3) is 0 Å². The Morgan fingerprint density at radius 1 is 0.383 bits per heavy atom. The van der Waals surface area contributed by atoms with Gasteiger partial charge >= 0.3 is 0 Å². The molecule has 2 unspecified atom stereocenters. The number of rotatable bonds is 36. The lowest BCUT2D eigenvalue weighted by Gasteiger charge is -2.43. The van der Waals surface area contributed by atoms with Crippen molar-refractivity contribution in [2.45, 2.75) is 108 Å². The van der Waals surface area contributed by atoms with Crippen LogP contribution in [-0.4, -0.2) is 201 Å². The van der Waals surface area contributed by atoms with E-state index < -0.39 is 6.10 Å². The highest BCUT2D eigenvalue weighted by Crippen LogP contribution is 2.42. The highest BCUT2D eigenvalue weighted by molar-refractivity contribution is 6.35. The average Bonchev–Trinajstić information content (AvgIpc) is 0.778. The number of benzene rings is 14. The summed E-state index contributed by atoms with van der Waals surface area (Å²) in [5.74, 6) is 1.91. The van der Waals surface area contributed by atoms with Gasteiger partial charge in [0.15, 0.2) is 12.6 Å². The number of phenolic OH excluding ortho intramolecular Hbond substituents is 3. The molecule has 5 saturated heterocycles. The highest BCUT2D eigenvalue weighted by Gasteiger charge is 2.34. The van der Waals surface area contributed by atoms with Crippen LogP contribution in [0.4, 0.5) is 28.4 Å². The van der Waals surface area contributed by atoms with Gasteiger partial charge in [-0.05, 0) is 149 Å². The molecule has 0 aliphatic carbocycles. The molecule has 784 valence electrons. The van der Waals surface area contributed by atoms with Crippen molar-refractivity contribution in [3.05, 3.63) is 439 Å². The third-order valence-corrected chi connectivity index (χ3v) is 27.9. The number of piperazine rings is 3. The fourth-order valence-electron chi connectivity index (χ4n) is 18.8. The van der Waals surface area contributed by atoms with Gasteiger partial charge in [-0.3, -0.25) is 19.6 Å². The largest absolute Gasteiger partial charge is 0.508 e. The van der Waals surface area contributed by atoms with Gasteiger partial charge in [0.05, 0.1) is 110 Å². The Hall–Kier alpha value is -12.0. The Bertz CT molecular complexity index is 6170. The third-order valence-electron chi connectivity index (χ3n) is 26.4. The monoisotopic (exact) mass is 2110 g/mol. The zero-order valence-electron chi connectivity index (χ0n) is 84.3. The number of nitrogen functional groups attached to an aromatic ring is 1. The number of aliphatic hydroxyl groups is 3. The summed E-state index contributed by atoms with van der Waals surface area (Å²) >= 11 is 31.6. The Labute approximate surface area is 903 Å². The van der Waals surface area contributed by atoms with Gasteiger partial charge in [-0.15, -0.1) is 0 Å². The molecule has 14 aromatic rings. The van der Waals surface area contributed by atoms with Gasteiger partial charge < -0.3 is 90.1 Å². The molecule has 0 saturated carbocycles. The van der Waals surface area contributed by atoms with Crippen molar-refractivity contribution in [2.75, 3.05) is 164 Å². The molecule has 5 fully saturated rings. The number of nitrogens with one attached hydrogen (secondary N) is 2. The van der Waals surface area contributed by atoms with Crippen molar-refractivity contribution < 1.29 is 59.1 Å². The van der Waals surface area contributed by atoms with Crippen LogP contribution in [0.2, 0.25) is 25.1 Å². The summed E-state index contributed by atoms with van der Waals surface area (Å²) in [4.78, 5) is 16.6. The summed E-state index contributed by atoms with van der Waals surface area (Å²) < 4.78 is 34.3. The first kappa shape index (κ1) is 113. The molecule has 0 amide bonds. The van der Waals surface area contributed by atoms with Crippen molar-refractivity contribution >= 4 is 86.4 Å². The minimum Gasteiger partial charge on any atom is -0.508 e. The van der Waals surface area contributed by atoms with Gasteiger partial charge in [-0.2, -0.15) is 0 Å². The first-order valence-corrected chi connectivity index (χ1v) is 53.3. The van der Waals surface area contributed by atoms with Crippen molar-refractivity contribution in [3.63, 3.8) is 0 Å². The van der Waals surface area contributed by atoms with E-state index in [2.05, 4.69) is 227 Å². The number of anilines is 5. The molecule has 19 rings (SSSR count). The molecule has 0 bridgehead atoms. The van der Waals surface area contributed by atoms with Crippen LogP contribution < -0.4 is 40.5 Å². The minimum absolute atomic E-state index is 0.00670. The molecule has 5 aliphatic rings. The van der Waals surface area contributed by atoms with Crippen LogP contribution in [0, 0.1) is 0 Å². The predicted octanol–water partition coefficient (Wildman–Crippen LogP) is 24.4. The fraction of sp³-hybridized carbons (Fsp3) is 0.311. The Morgan fingerprint density at radius 3 is 1.23 bits per heavy atom. The van der Waals surface area contributed by atoms with E-state index in [-0.39, 0.29) is 73.8 Å². The topological polar surface area (TPSA) is 250 Å². The van der Waals surface area contributed by atoms with E-state index in [0.29, 0.717) is 76.0 Å². The van der Waals surface area contributed by atoms with Crippen molar-refractivity contribution in [2.24, 2.45) is 0 Å². The second-order valence-corrected chi connectivity index (χ2v) is 39.2. The lowest BCUT2D eigenvalue weighted by Crippen LogP contribution is -2.48. The van der Waals surface area contributed by atoms with E-state index in [4.69, 9.17) is 102 Å². The summed E-state index contributed by atoms with van der Waals surface area (Å²) in [5, 5.41) is 66.9. The van der Waals surface area contributed by atoms with Crippen molar-refractivity contribution in [1.29, 1.82) is 0 Å². The number of aliphatic hydroxyl groups excluding tert-OH is 3. The number of aromatic hydroxyl groups is 3. The molecule has 27 heteroatoms. The summed E-state index contributed by atoms with van der Waals surface area (Å²) in [6.45, 7) is 17.9. The van der Waals surface area contributed by atoms with E-state index in [1.807, 2.05) is 133 Å². The quantitative estimate of drug-likeness (QED) is 0.0101. The maximum atomic E-state index is 10.6. The SMILES string of the molecule is Clc1cc(OCCOC2CCCCO2)ccc1N1CCN(Cc2ccccc2)C[C@H]1c1ccccc1.Nc1ccc(O)cc1Cl.OCCN(Cc1ccccc1)C[C@H](Nc1ccc(O)cc1Cl)c1ccccc1.OCCOc1ccc(N2CCNC[C@H]2c2ccccc2)c(Cl)c1.O[C@@H](CN(CCOC1CCCCO1)Cc1ccccc1)c1ccccc1.Oc1ccc(N2CCN(Cc3ccccc3)C[C@H]2c2ccccc2)c(Cl)c1. The number of halogens is 5. The number of hydrogen-bond donors (Lipinski definition) is 9. The fourth-order valence-corrected chi connectivity index (χ4v) is 20.0. The smallest absolute Gasteiger partial charge is 0.157 e. The van der Waals surface area contributed by atoms with Crippen molar-refractivity contribution in [1.82, 2.24) is 24.9 Å². The summed E-state index contributed by atoms with van der Waals surface area (Å²) in [7, 11) is 0. The van der Waals surface area contributed by atoms with E-state index in [0.717, 1.165) is 177 Å². The minimum atomic E-state index is -0.508. The molecule has 0 aromatic heterocycles. The van der Waals surface area contributed by atoms with Crippen LogP contribution in [0.1, 0.15) is 119 Å². The molecule has 0 radical (unpaired) electrons. The van der Waals surface area contributed by atoms with Gasteiger partial charge in [0, 0.05) is 155 Å². The maximum absolute atomic E-state index is 10.6. The van der Waals surface area contributed by atoms with Crippen LogP contribution in [-0.2, 0) is 45.1 Å². The van der Waals surface area contributed by atoms with Gasteiger partial charge in [0.2, 0.25) is 0 Å². The zero-order valence-corrected chi connectivity index (χ0v) is 88.1. The average molecular weight is 2110 g/mol. The van der Waals surface area contributed by atoms with E-state index >= 15 is 0 Å². The molecular weight excluding hydrogens is 1970 g/mol. The maximum Gasteiger partial charge on any atom is 0.157 e. The van der Waals surface area contributed by atoms with Crippen LogP contribution in [0.15, 0.2) is 364 Å². The Morgan fingerprint density at radius 2 is 0.785 bits per heavy atom. The molecule has 0 spiro atoms. The number of phenols is 3. The highest BCUT2D eigenvalue weighted by atomic mass is 35.5. The van der Waals surface area contributed by atoms with Gasteiger partial charge in [-0.1, -0.05) is 331 Å². The lowest BCUT2D eigenvalue weighted by atomic mass is 10.0. The van der Waals surface area contributed by atoms with Crippen LogP contribution in [0.5, 0.6) is 28.7 Å². The standard InChI is InChI=1S/C30H35ClN2O3.C23H25ClN2O2.C23H23ClN2O.C22H29NO3.C18H21ClN2O2.C6H6ClNO/c31-27-21-26(34-19-20-36-30-13-7-8-18-35-30)14-15-28(27)33-17-16-32(22-24-9-3-1-4-10-24)23-29(33)25-11-5-2-6-12-25;24-21-15-20(28)11-12-22(21)25-23(19-9-5-2-6-10-19)17-26(13-14-27)16-18-7-3-1-4-8-18;24-21-15-20(27)11-12-22(21)26-14-13-25(16-18-7-3-1-4-8-18)17-23(26)19-9-5-2-6-10-19;24-21(20-11-5-2-6-12-20)18-23(17-19-9-3-1-4-10-19)14-16-26-22-13-7-8-15-25-22;19-16-12-15(23-11-10-22)6-7-17(16)21-9-8-20-13-18(21)14-4-2-1-3-5-14;7-5-3-4(9)1-2-6(5)8/h1-6,9-12,14-15,21,29-30H,7-8,13,16-20,22-23H2;1-12,15,23,25,27-28H,13-14,16-17H2;1-12,15,23,27H,13-14,16-17H2;1-6,9-12,21-22,24H,7-8,13-18H2;1-7,12,18,20,22H,8-11,13H2;1-3,9H,8H2/t29-,30?;2*23-;21-,22?;18-;/m00000./s1. The van der Waals surface area contributed by atoms with Gasteiger partial charge in [-0.25, -0.2) is 0 Å². The molecular formula is C122H139Cl5N10O12. The molecule has 7 atom stereocenters. The van der Waals surface area contributed by atoms with E-state index in [1.165, 1.54) is 63.6 Å². The summed E-state index contributed by atoms with van der Waals surface area (Å²) in [6, 6.07) is 121. The second-order valence-electron chi connectivity index (χ2n) is 37.2. The van der Waals surface area contributed by atoms with E-state index in [9.17, 15) is 20.4 Å². The van der Waals surface area contributed by atoms with Gasteiger partial charge in [0.1, 0.15) is 42.0 Å². The normalized spacial score (nSPS) is 17.2. The first-order valence-electron chi connectivity index (χ1n) is 51.4. The Kier molecular flexibility index (Phi) is 46.4. The number of ether oxygens (including phenoxy) is 6. The number of nitrogens with two attached hydrogens (primary N) is 1. The number of nitrogens with zero attached hydrogens (tertiary/aromatic N) is 7. The molecule has 5 heterocycles. The lowest BCUT2D eigenvalue weighted by molar-refractivity contribution is -0.165. The number of hydrogen-bond acceptors (Lipinski definition) is 22. The molecule has 5 aliphatic heterocycles. The van der Waals surface area contributed by atoms with Crippen LogP contribution in [0.25, 0.3) is 0 Å². The molecule has 14 aromatic carbocycles. The molecule has 22 nitrogen and oxygen atoms in total. The third kappa shape index (κ3) is 36.7. The molecule has 149 heavy (non-hydrogen) atoms. The molecule has 10 N–H and O–H groups in total. The van der Waals surface area contributed by atoms with E-state index in [1.54, 1.807) is 30.3 Å². The summed E-state index contributed by atoms with van der Waals surface area (Å²) in [5.41, 5.74) is 20.7. The first-order chi connectivity index (χ1) is 72.9. The van der Waals surface area contributed by atoms with Crippen LogP contribution in [0.3, 0.4) is 0 Å².